The first-order valence-electron chi connectivity index (χ1n) is 11.6. The summed E-state index contributed by atoms with van der Waals surface area (Å²) in [6.07, 6.45) is 1.07. The molecular formula is C22H41N5O7. The van der Waals surface area contributed by atoms with E-state index in [1.807, 2.05) is 27.7 Å². The van der Waals surface area contributed by atoms with Gasteiger partial charge in [0.2, 0.25) is 17.7 Å². The Morgan fingerprint density at radius 2 is 1.24 bits per heavy atom. The lowest BCUT2D eigenvalue weighted by Gasteiger charge is -2.25. The molecule has 9 N–H and O–H groups in total. The summed E-state index contributed by atoms with van der Waals surface area (Å²) in [4.78, 5) is 60.8. The summed E-state index contributed by atoms with van der Waals surface area (Å²) in [6, 6.07) is -4.66. The first-order valence-corrected chi connectivity index (χ1v) is 11.6. The van der Waals surface area contributed by atoms with Gasteiger partial charge in [-0.3, -0.25) is 19.2 Å². The second kappa shape index (κ2) is 16.0. The molecule has 0 rings (SSSR count). The van der Waals surface area contributed by atoms with Crippen LogP contribution in [0.3, 0.4) is 0 Å². The van der Waals surface area contributed by atoms with Crippen molar-refractivity contribution in [2.45, 2.75) is 90.4 Å². The molecule has 0 aliphatic carbocycles. The number of carbonyl (C=O) groups excluding carboxylic acids is 3. The molecule has 3 amide bonds. The maximum absolute atomic E-state index is 12.8. The van der Waals surface area contributed by atoms with Gasteiger partial charge in [0.15, 0.2) is 0 Å². The minimum Gasteiger partial charge on any atom is -0.481 e. The number of amides is 3. The fourth-order valence-electron chi connectivity index (χ4n) is 3.28. The van der Waals surface area contributed by atoms with Crippen LogP contribution in [0.4, 0.5) is 0 Å². The normalized spacial score (nSPS) is 14.7. The summed E-state index contributed by atoms with van der Waals surface area (Å²) in [5.41, 5.74) is 11.3. The molecule has 0 radical (unpaired) electrons. The van der Waals surface area contributed by atoms with Crippen molar-refractivity contribution in [1.82, 2.24) is 16.0 Å². The Morgan fingerprint density at radius 3 is 1.71 bits per heavy atom. The van der Waals surface area contributed by atoms with Crippen LogP contribution in [0.2, 0.25) is 0 Å². The highest BCUT2D eigenvalue weighted by atomic mass is 16.4. The number of carboxylic acid groups (broad SMARTS) is 2. The zero-order valence-corrected chi connectivity index (χ0v) is 20.5. The minimum absolute atomic E-state index is 0.0523. The number of aliphatic carboxylic acids is 2. The molecule has 4 unspecified atom stereocenters. The van der Waals surface area contributed by atoms with Gasteiger partial charge in [0.1, 0.15) is 18.1 Å². The number of carboxylic acids is 2. The van der Waals surface area contributed by atoms with Gasteiger partial charge in [-0.05, 0) is 50.5 Å². The third kappa shape index (κ3) is 13.1. The molecule has 0 aromatic rings. The third-order valence-corrected chi connectivity index (χ3v) is 4.98. The summed E-state index contributed by atoms with van der Waals surface area (Å²) in [5.74, 6) is -4.74. The number of rotatable bonds is 17. The van der Waals surface area contributed by atoms with E-state index in [4.69, 9.17) is 11.5 Å². The van der Waals surface area contributed by atoms with Crippen LogP contribution < -0.4 is 27.4 Å². The van der Waals surface area contributed by atoms with Crippen LogP contribution in [0.1, 0.15) is 66.2 Å². The maximum atomic E-state index is 12.8. The van der Waals surface area contributed by atoms with Gasteiger partial charge in [-0.2, -0.15) is 0 Å². The summed E-state index contributed by atoms with van der Waals surface area (Å²) >= 11 is 0. The van der Waals surface area contributed by atoms with Crippen molar-refractivity contribution in [2.24, 2.45) is 23.3 Å². The number of hydrogen-bond acceptors (Lipinski definition) is 7. The van der Waals surface area contributed by atoms with E-state index in [1.54, 1.807) is 0 Å². The SMILES string of the molecule is CC(C)CC(N)C(=O)NC(CC(=O)O)C(=O)NC(CC(C)C)C(=O)NC(CCCCN)C(=O)O. The molecule has 0 heterocycles. The van der Waals surface area contributed by atoms with Gasteiger partial charge in [0, 0.05) is 0 Å². The lowest BCUT2D eigenvalue weighted by molar-refractivity contribution is -0.143. The topological polar surface area (TPSA) is 214 Å². The van der Waals surface area contributed by atoms with Crippen LogP contribution in [-0.2, 0) is 24.0 Å². The van der Waals surface area contributed by atoms with Crippen molar-refractivity contribution >= 4 is 29.7 Å². The van der Waals surface area contributed by atoms with Crippen LogP contribution in [0.15, 0.2) is 0 Å². The number of nitrogens with two attached hydrogens (primary N) is 2. The molecule has 4 atom stereocenters. The smallest absolute Gasteiger partial charge is 0.326 e. The third-order valence-electron chi connectivity index (χ3n) is 4.98. The highest BCUT2D eigenvalue weighted by molar-refractivity contribution is 5.95. The molecule has 0 saturated carbocycles. The first kappa shape index (κ1) is 31.3. The van der Waals surface area contributed by atoms with Crippen LogP contribution in [0.5, 0.6) is 0 Å². The maximum Gasteiger partial charge on any atom is 0.326 e. The zero-order valence-electron chi connectivity index (χ0n) is 20.5. The molecule has 0 saturated heterocycles. The van der Waals surface area contributed by atoms with Crippen molar-refractivity contribution < 1.29 is 34.2 Å². The Labute approximate surface area is 200 Å². The van der Waals surface area contributed by atoms with Gasteiger partial charge in [-0.1, -0.05) is 27.7 Å². The van der Waals surface area contributed by atoms with Crippen LogP contribution in [0, 0.1) is 11.8 Å². The summed E-state index contributed by atoms with van der Waals surface area (Å²) in [7, 11) is 0. The molecule has 12 heteroatoms. The van der Waals surface area contributed by atoms with Crippen LogP contribution >= 0.6 is 0 Å². The zero-order chi connectivity index (χ0) is 26.4. The second-order valence-electron chi connectivity index (χ2n) is 9.27. The largest absolute Gasteiger partial charge is 0.481 e. The number of nitrogens with one attached hydrogen (secondary N) is 3. The van der Waals surface area contributed by atoms with E-state index in [1.165, 1.54) is 0 Å². The van der Waals surface area contributed by atoms with E-state index in [-0.39, 0.29) is 24.7 Å². The molecule has 0 bridgehead atoms. The van der Waals surface area contributed by atoms with E-state index < -0.39 is 60.2 Å². The molecule has 0 spiro atoms. The van der Waals surface area contributed by atoms with Crippen molar-refractivity contribution in [3.63, 3.8) is 0 Å². The predicted octanol–water partition coefficient (Wildman–Crippen LogP) is -0.451. The summed E-state index contributed by atoms with van der Waals surface area (Å²) in [6.45, 7) is 7.74. The average molecular weight is 488 g/mol. The monoisotopic (exact) mass is 487 g/mol. The lowest BCUT2D eigenvalue weighted by atomic mass is 10.0. The molecule has 34 heavy (non-hydrogen) atoms. The molecule has 0 fully saturated rings. The average Bonchev–Trinajstić information content (AvgIpc) is 2.70. The van der Waals surface area contributed by atoms with Crippen molar-refractivity contribution in [3.8, 4) is 0 Å². The Bertz CT molecular complexity index is 699. The lowest BCUT2D eigenvalue weighted by Crippen LogP contribution is -2.57. The van der Waals surface area contributed by atoms with Gasteiger partial charge < -0.3 is 37.6 Å². The van der Waals surface area contributed by atoms with Gasteiger partial charge in [-0.15, -0.1) is 0 Å². The fraction of sp³-hybridized carbons (Fsp3) is 0.773. The molecule has 0 aliphatic heterocycles. The van der Waals surface area contributed by atoms with Gasteiger partial charge >= 0.3 is 11.9 Å². The molecule has 12 nitrogen and oxygen atoms in total. The molecule has 0 aromatic heterocycles. The minimum atomic E-state index is -1.45. The summed E-state index contributed by atoms with van der Waals surface area (Å²) < 4.78 is 0. The van der Waals surface area contributed by atoms with E-state index in [2.05, 4.69) is 16.0 Å². The Hall–Kier alpha value is -2.73. The molecular weight excluding hydrogens is 446 g/mol. The van der Waals surface area contributed by atoms with Crippen molar-refractivity contribution in [3.05, 3.63) is 0 Å². The second-order valence-corrected chi connectivity index (χ2v) is 9.27. The van der Waals surface area contributed by atoms with Crippen molar-refractivity contribution in [2.75, 3.05) is 6.54 Å². The van der Waals surface area contributed by atoms with Crippen molar-refractivity contribution in [1.29, 1.82) is 0 Å². The molecule has 0 aliphatic rings. The molecule has 0 aromatic carbocycles. The van der Waals surface area contributed by atoms with E-state index in [0.717, 1.165) is 0 Å². The Kier molecular flexibility index (Phi) is 14.7. The summed E-state index contributed by atoms with van der Waals surface area (Å²) in [5, 5.41) is 25.8. The van der Waals surface area contributed by atoms with E-state index >= 15 is 0 Å². The highest BCUT2D eigenvalue weighted by Crippen LogP contribution is 2.09. The van der Waals surface area contributed by atoms with Crippen LogP contribution in [-0.4, -0.2) is 70.6 Å². The standard InChI is InChI=1S/C22H41N5O7/c1-12(2)9-14(24)19(30)26-17(11-18(28)29)21(32)27-16(10-13(3)4)20(31)25-15(22(33)34)7-5-6-8-23/h12-17H,5-11,23-24H2,1-4H3,(H,25,31)(H,26,30)(H,27,32)(H,28,29)(H,33,34). The quantitative estimate of drug-likeness (QED) is 0.132. The number of hydrogen-bond donors (Lipinski definition) is 7. The molecule has 196 valence electrons. The number of carbonyl (C=O) groups is 5. The predicted molar refractivity (Wildman–Crippen MR) is 125 cm³/mol. The number of unbranched alkanes of at least 4 members (excludes halogenated alkanes) is 1. The Morgan fingerprint density at radius 1 is 0.735 bits per heavy atom. The first-order chi connectivity index (χ1) is 15.8. The van der Waals surface area contributed by atoms with Gasteiger partial charge in [0.25, 0.3) is 0 Å². The van der Waals surface area contributed by atoms with E-state index in [0.29, 0.717) is 25.8 Å². The van der Waals surface area contributed by atoms with Gasteiger partial charge in [-0.25, -0.2) is 4.79 Å². The van der Waals surface area contributed by atoms with E-state index in [9.17, 15) is 34.2 Å². The van der Waals surface area contributed by atoms with Crippen LogP contribution in [0.25, 0.3) is 0 Å². The highest BCUT2D eigenvalue weighted by Gasteiger charge is 2.31. The van der Waals surface area contributed by atoms with Gasteiger partial charge in [0.05, 0.1) is 12.5 Å². The fourth-order valence-corrected chi connectivity index (χ4v) is 3.28. The Balaban J connectivity index is 5.47.